The zero-order valence-corrected chi connectivity index (χ0v) is 15.7. The van der Waals surface area contributed by atoms with Gasteiger partial charge in [0.05, 0.1) is 12.2 Å². The van der Waals surface area contributed by atoms with Crippen molar-refractivity contribution in [3.05, 3.63) is 65.7 Å². The van der Waals surface area contributed by atoms with E-state index in [0.29, 0.717) is 18.2 Å². The quantitative estimate of drug-likeness (QED) is 0.742. The molecule has 2 aromatic rings. The second-order valence-corrected chi connectivity index (χ2v) is 7.91. The number of rotatable bonds is 3. The molecule has 0 N–H and O–H groups in total. The van der Waals surface area contributed by atoms with Crippen LogP contribution < -0.4 is 4.90 Å². The second kappa shape index (κ2) is 6.84. The molecular formula is C23H30N2. The van der Waals surface area contributed by atoms with Gasteiger partial charge in [-0.1, -0.05) is 61.4 Å². The standard InChI is InChI=1S/C23H30N2/c1-17-11-7-10-16-21(17)25-18(2)22(19-12-5-4-6-13-19)24(3)23(25)20-14-8-9-15-20/h4-7,10-13,16,18,20,22-23H,8-9,14-15H2,1-3H3/t18-,22?,23?/m0/s1. The summed E-state index contributed by atoms with van der Waals surface area (Å²) in [4.78, 5) is 5.38. The van der Waals surface area contributed by atoms with Crippen molar-refractivity contribution in [1.82, 2.24) is 4.90 Å². The minimum atomic E-state index is 0.450. The van der Waals surface area contributed by atoms with Crippen LogP contribution in [-0.4, -0.2) is 24.2 Å². The molecule has 1 aliphatic carbocycles. The molecule has 2 fully saturated rings. The number of hydrogen-bond acceptors (Lipinski definition) is 2. The average Bonchev–Trinajstić information content (AvgIpc) is 3.23. The minimum absolute atomic E-state index is 0.450. The highest BCUT2D eigenvalue weighted by molar-refractivity contribution is 5.56. The maximum atomic E-state index is 2.73. The molecule has 4 rings (SSSR count). The van der Waals surface area contributed by atoms with Crippen LogP contribution in [-0.2, 0) is 0 Å². The summed E-state index contributed by atoms with van der Waals surface area (Å²) in [6, 6.07) is 20.9. The van der Waals surface area contributed by atoms with Gasteiger partial charge in [0.15, 0.2) is 0 Å². The van der Waals surface area contributed by atoms with E-state index in [2.05, 4.69) is 85.3 Å². The highest BCUT2D eigenvalue weighted by atomic mass is 15.4. The molecule has 0 amide bonds. The summed E-state index contributed by atoms with van der Waals surface area (Å²) in [7, 11) is 2.34. The maximum absolute atomic E-state index is 2.73. The van der Waals surface area contributed by atoms with Crippen LogP contribution in [0.5, 0.6) is 0 Å². The van der Waals surface area contributed by atoms with Gasteiger partial charge in [-0.05, 0) is 56.8 Å². The van der Waals surface area contributed by atoms with Crippen LogP contribution >= 0.6 is 0 Å². The van der Waals surface area contributed by atoms with Gasteiger partial charge < -0.3 is 4.90 Å². The van der Waals surface area contributed by atoms with Gasteiger partial charge in [-0.15, -0.1) is 0 Å². The fourth-order valence-corrected chi connectivity index (χ4v) is 5.29. The van der Waals surface area contributed by atoms with Gasteiger partial charge in [0, 0.05) is 11.7 Å². The van der Waals surface area contributed by atoms with Crippen molar-refractivity contribution in [2.75, 3.05) is 11.9 Å². The van der Waals surface area contributed by atoms with Crippen molar-refractivity contribution in [2.24, 2.45) is 5.92 Å². The minimum Gasteiger partial charge on any atom is -0.351 e. The molecule has 0 spiro atoms. The number of anilines is 1. The van der Waals surface area contributed by atoms with E-state index in [1.165, 1.54) is 42.5 Å². The number of aryl methyl sites for hydroxylation is 1. The third-order valence-corrected chi connectivity index (χ3v) is 6.39. The van der Waals surface area contributed by atoms with E-state index in [9.17, 15) is 0 Å². The molecule has 2 aliphatic rings. The normalized spacial score (nSPS) is 28.0. The summed E-state index contributed by atoms with van der Waals surface area (Å²) >= 11 is 0. The Balaban J connectivity index is 1.77. The first kappa shape index (κ1) is 16.7. The smallest absolute Gasteiger partial charge is 0.0856 e. The summed E-state index contributed by atoms with van der Waals surface area (Å²) in [5.74, 6) is 0.778. The van der Waals surface area contributed by atoms with Gasteiger partial charge in [0.25, 0.3) is 0 Å². The summed E-state index contributed by atoms with van der Waals surface area (Å²) in [6.45, 7) is 4.67. The van der Waals surface area contributed by atoms with Crippen LogP contribution in [0.3, 0.4) is 0 Å². The lowest BCUT2D eigenvalue weighted by molar-refractivity contribution is 0.184. The van der Waals surface area contributed by atoms with Gasteiger partial charge in [-0.25, -0.2) is 0 Å². The van der Waals surface area contributed by atoms with Gasteiger partial charge in [0.2, 0.25) is 0 Å². The summed E-state index contributed by atoms with van der Waals surface area (Å²) in [6.07, 6.45) is 6.02. The first-order valence-corrected chi connectivity index (χ1v) is 9.79. The average molecular weight is 335 g/mol. The monoisotopic (exact) mass is 334 g/mol. The van der Waals surface area contributed by atoms with E-state index in [0.717, 1.165) is 5.92 Å². The molecule has 2 heteroatoms. The maximum Gasteiger partial charge on any atom is 0.0856 e. The predicted molar refractivity (Wildman–Crippen MR) is 106 cm³/mol. The molecule has 0 bridgehead atoms. The van der Waals surface area contributed by atoms with Crippen LogP contribution in [0.2, 0.25) is 0 Å². The molecule has 0 aromatic heterocycles. The molecule has 3 atom stereocenters. The number of para-hydroxylation sites is 1. The molecular weight excluding hydrogens is 304 g/mol. The molecule has 2 unspecified atom stereocenters. The Labute approximate surface area is 152 Å². The molecule has 0 radical (unpaired) electrons. The predicted octanol–water partition coefficient (Wildman–Crippen LogP) is 5.39. The van der Waals surface area contributed by atoms with Crippen LogP contribution in [0.15, 0.2) is 54.6 Å². The first-order chi connectivity index (χ1) is 12.2. The Morgan fingerprint density at radius 1 is 0.880 bits per heavy atom. The molecule has 2 nitrogen and oxygen atoms in total. The first-order valence-electron chi connectivity index (χ1n) is 9.79. The Morgan fingerprint density at radius 3 is 2.20 bits per heavy atom. The lowest BCUT2D eigenvalue weighted by Gasteiger charge is -2.36. The fourth-order valence-electron chi connectivity index (χ4n) is 5.29. The van der Waals surface area contributed by atoms with Gasteiger partial charge in [-0.2, -0.15) is 0 Å². The van der Waals surface area contributed by atoms with E-state index in [4.69, 9.17) is 0 Å². The van der Waals surface area contributed by atoms with E-state index in [1.54, 1.807) is 0 Å². The molecule has 25 heavy (non-hydrogen) atoms. The third kappa shape index (κ3) is 2.87. The topological polar surface area (TPSA) is 6.48 Å². The molecule has 2 aromatic carbocycles. The summed E-state index contributed by atoms with van der Waals surface area (Å²) < 4.78 is 0. The van der Waals surface area contributed by atoms with Crippen molar-refractivity contribution in [3.63, 3.8) is 0 Å². The van der Waals surface area contributed by atoms with Crippen molar-refractivity contribution in [1.29, 1.82) is 0 Å². The van der Waals surface area contributed by atoms with Crippen molar-refractivity contribution in [2.45, 2.75) is 57.8 Å². The molecule has 132 valence electrons. The SMILES string of the molecule is Cc1ccccc1N1C(C2CCCC2)N(C)C(c2ccccc2)[C@@H]1C. The molecule has 1 heterocycles. The Morgan fingerprint density at radius 2 is 1.52 bits per heavy atom. The van der Waals surface area contributed by atoms with E-state index < -0.39 is 0 Å². The van der Waals surface area contributed by atoms with Gasteiger partial charge in [0.1, 0.15) is 0 Å². The highest BCUT2D eigenvalue weighted by Gasteiger charge is 2.47. The lowest BCUT2D eigenvalue weighted by atomic mass is 10.00. The van der Waals surface area contributed by atoms with E-state index in [1.807, 2.05) is 0 Å². The van der Waals surface area contributed by atoms with Crippen LogP contribution in [0.4, 0.5) is 5.69 Å². The van der Waals surface area contributed by atoms with Crippen LogP contribution in [0.25, 0.3) is 0 Å². The number of hydrogen-bond donors (Lipinski definition) is 0. The molecule has 1 aliphatic heterocycles. The molecule has 1 saturated heterocycles. The Kier molecular flexibility index (Phi) is 4.56. The number of benzene rings is 2. The van der Waals surface area contributed by atoms with Crippen LogP contribution in [0.1, 0.15) is 49.8 Å². The Hall–Kier alpha value is -1.80. The van der Waals surface area contributed by atoms with E-state index >= 15 is 0 Å². The molecule has 1 saturated carbocycles. The highest BCUT2D eigenvalue weighted by Crippen LogP contribution is 2.46. The summed E-state index contributed by atoms with van der Waals surface area (Å²) in [5.41, 5.74) is 4.24. The van der Waals surface area contributed by atoms with E-state index in [-0.39, 0.29) is 0 Å². The van der Waals surface area contributed by atoms with Crippen molar-refractivity contribution < 1.29 is 0 Å². The number of likely N-dealkylation sites (N-methyl/N-ethyl adjacent to an activating group) is 1. The summed E-state index contributed by atoms with van der Waals surface area (Å²) in [5, 5.41) is 0. The lowest BCUT2D eigenvalue weighted by Crippen LogP contribution is -2.44. The largest absolute Gasteiger partial charge is 0.351 e. The zero-order chi connectivity index (χ0) is 17.4. The zero-order valence-electron chi connectivity index (χ0n) is 15.7. The number of nitrogens with zero attached hydrogens (tertiary/aromatic N) is 2. The van der Waals surface area contributed by atoms with Gasteiger partial charge in [-0.3, -0.25) is 4.90 Å². The second-order valence-electron chi connectivity index (χ2n) is 7.91. The third-order valence-electron chi connectivity index (χ3n) is 6.39. The Bertz CT molecular complexity index is 705. The van der Waals surface area contributed by atoms with Crippen LogP contribution in [0, 0.1) is 12.8 Å². The fraction of sp³-hybridized carbons (Fsp3) is 0.478. The van der Waals surface area contributed by atoms with Crippen molar-refractivity contribution >= 4 is 5.69 Å². The van der Waals surface area contributed by atoms with Gasteiger partial charge >= 0.3 is 0 Å². The van der Waals surface area contributed by atoms with Crippen molar-refractivity contribution in [3.8, 4) is 0 Å².